The summed E-state index contributed by atoms with van der Waals surface area (Å²) in [5.41, 5.74) is 1.12. The highest BCUT2D eigenvalue weighted by atomic mass is 35.5. The third-order valence-corrected chi connectivity index (χ3v) is 3.69. The first-order chi connectivity index (χ1) is 10.0. The van der Waals surface area contributed by atoms with Crippen molar-refractivity contribution in [1.82, 2.24) is 9.55 Å². The Morgan fingerprint density at radius 3 is 2.67 bits per heavy atom. The number of hydrogen-bond donors (Lipinski definition) is 1. The van der Waals surface area contributed by atoms with Gasteiger partial charge in [-0.05, 0) is 30.4 Å². The minimum Gasteiger partial charge on any atom is -0.497 e. The number of benzene rings is 2. The van der Waals surface area contributed by atoms with Crippen LogP contribution in [0, 0.1) is 16.4 Å². The maximum atomic E-state index is 14.1. The van der Waals surface area contributed by atoms with Crippen LogP contribution in [0.25, 0.3) is 16.7 Å². The van der Waals surface area contributed by atoms with E-state index in [1.54, 1.807) is 0 Å². The summed E-state index contributed by atoms with van der Waals surface area (Å²) in [5.74, 6) is -0.567. The van der Waals surface area contributed by atoms with Crippen molar-refractivity contribution in [1.29, 1.82) is 0 Å². The summed E-state index contributed by atoms with van der Waals surface area (Å²) in [6.45, 7) is 0. The Morgan fingerprint density at radius 1 is 1.19 bits per heavy atom. The zero-order valence-corrected chi connectivity index (χ0v) is 12.4. The van der Waals surface area contributed by atoms with Crippen LogP contribution >= 0.6 is 23.8 Å². The van der Waals surface area contributed by atoms with Crippen molar-refractivity contribution in [3.8, 4) is 11.4 Å². The molecule has 0 saturated heterocycles. The van der Waals surface area contributed by atoms with Gasteiger partial charge in [-0.15, -0.1) is 0 Å². The summed E-state index contributed by atoms with van der Waals surface area (Å²) in [5, 5.41) is -0.0615. The number of fused-ring (bicyclic) bond motifs is 1. The average molecular weight is 327 g/mol. The first-order valence-corrected chi connectivity index (χ1v) is 6.73. The van der Waals surface area contributed by atoms with Gasteiger partial charge in [0.1, 0.15) is 17.4 Å². The van der Waals surface area contributed by atoms with Crippen LogP contribution in [0.3, 0.4) is 0 Å². The standard InChI is InChI=1S/C14H9ClF2N2OS/c1-20-7-2-3-9(16)12(4-7)19-13-5-8(15)10(17)6-11(13)18-14(19)21/h2-6H,1H3,(H,18,21). The molecule has 0 saturated carbocycles. The number of ether oxygens (including phenoxy) is 1. The third-order valence-electron chi connectivity index (χ3n) is 3.12. The topological polar surface area (TPSA) is 29.9 Å². The molecule has 1 aromatic heterocycles. The molecule has 0 aliphatic heterocycles. The number of aromatic nitrogens is 2. The lowest BCUT2D eigenvalue weighted by molar-refractivity contribution is 0.413. The summed E-state index contributed by atoms with van der Waals surface area (Å²) in [7, 11) is 1.48. The Labute approximate surface area is 128 Å². The fourth-order valence-corrected chi connectivity index (χ4v) is 2.60. The van der Waals surface area contributed by atoms with Gasteiger partial charge >= 0.3 is 0 Å². The molecule has 0 atom stereocenters. The van der Waals surface area contributed by atoms with Crippen LogP contribution in [0.2, 0.25) is 5.02 Å². The molecule has 3 nitrogen and oxygen atoms in total. The summed E-state index contributed by atoms with van der Waals surface area (Å²) in [4.78, 5) is 2.83. The normalized spacial score (nSPS) is 11.0. The van der Waals surface area contributed by atoms with Gasteiger partial charge < -0.3 is 9.72 Å². The molecule has 0 aliphatic carbocycles. The van der Waals surface area contributed by atoms with E-state index in [2.05, 4.69) is 4.98 Å². The first-order valence-electron chi connectivity index (χ1n) is 5.95. The molecule has 2 aromatic carbocycles. The van der Waals surface area contributed by atoms with E-state index < -0.39 is 11.6 Å². The first kappa shape index (κ1) is 14.0. The zero-order chi connectivity index (χ0) is 15.1. The molecule has 21 heavy (non-hydrogen) atoms. The van der Waals surface area contributed by atoms with Crippen LogP contribution < -0.4 is 4.74 Å². The van der Waals surface area contributed by atoms with E-state index in [4.69, 9.17) is 28.6 Å². The van der Waals surface area contributed by atoms with Gasteiger partial charge in [-0.3, -0.25) is 4.57 Å². The maximum Gasteiger partial charge on any atom is 0.182 e. The Hall–Kier alpha value is -1.92. The highest BCUT2D eigenvalue weighted by Gasteiger charge is 2.14. The molecular formula is C14H9ClF2N2OS. The van der Waals surface area contributed by atoms with Crippen molar-refractivity contribution >= 4 is 34.9 Å². The fraction of sp³-hybridized carbons (Fsp3) is 0.0714. The van der Waals surface area contributed by atoms with Crippen molar-refractivity contribution in [3.05, 3.63) is 51.8 Å². The molecule has 0 amide bonds. The van der Waals surface area contributed by atoms with Crippen molar-refractivity contribution in [3.63, 3.8) is 0 Å². The van der Waals surface area contributed by atoms with Crippen molar-refractivity contribution in [2.45, 2.75) is 0 Å². The van der Waals surface area contributed by atoms with Gasteiger partial charge in [-0.25, -0.2) is 8.78 Å². The number of nitrogens with zero attached hydrogens (tertiary/aromatic N) is 1. The molecule has 108 valence electrons. The lowest BCUT2D eigenvalue weighted by Gasteiger charge is -2.08. The van der Waals surface area contributed by atoms with Crippen LogP contribution in [-0.4, -0.2) is 16.7 Å². The lowest BCUT2D eigenvalue weighted by Crippen LogP contribution is -1.99. The largest absolute Gasteiger partial charge is 0.497 e. The molecule has 0 bridgehead atoms. The molecule has 7 heteroatoms. The SMILES string of the molecule is COc1ccc(F)c(-n2c(=S)[nH]c3cc(F)c(Cl)cc32)c1. The van der Waals surface area contributed by atoms with E-state index in [1.807, 2.05) is 0 Å². The Morgan fingerprint density at radius 2 is 1.95 bits per heavy atom. The minimum absolute atomic E-state index is 0.0615. The number of aromatic amines is 1. The second-order valence-electron chi connectivity index (χ2n) is 4.37. The smallest absolute Gasteiger partial charge is 0.182 e. The molecule has 0 fully saturated rings. The van der Waals surface area contributed by atoms with Gasteiger partial charge in [0.2, 0.25) is 0 Å². The Kier molecular flexibility index (Phi) is 3.43. The summed E-state index contributed by atoms with van der Waals surface area (Å²) >= 11 is 11.0. The van der Waals surface area contributed by atoms with Crippen LogP contribution in [0.4, 0.5) is 8.78 Å². The number of halogens is 3. The van der Waals surface area contributed by atoms with Gasteiger partial charge in [-0.2, -0.15) is 0 Å². The zero-order valence-electron chi connectivity index (χ0n) is 10.8. The molecule has 0 aliphatic rings. The maximum absolute atomic E-state index is 14.1. The van der Waals surface area contributed by atoms with E-state index in [0.29, 0.717) is 16.8 Å². The summed E-state index contributed by atoms with van der Waals surface area (Å²) in [6, 6.07) is 6.92. The van der Waals surface area contributed by atoms with E-state index in [-0.39, 0.29) is 15.5 Å². The Bertz CT molecular complexity index is 904. The number of rotatable bonds is 2. The van der Waals surface area contributed by atoms with Crippen LogP contribution in [-0.2, 0) is 0 Å². The van der Waals surface area contributed by atoms with Crippen molar-refractivity contribution in [2.75, 3.05) is 7.11 Å². The van der Waals surface area contributed by atoms with Gasteiger partial charge in [0.25, 0.3) is 0 Å². The lowest BCUT2D eigenvalue weighted by atomic mass is 10.2. The molecule has 0 radical (unpaired) electrons. The quantitative estimate of drug-likeness (QED) is 0.696. The number of hydrogen-bond acceptors (Lipinski definition) is 2. The average Bonchev–Trinajstić information content (AvgIpc) is 2.75. The number of imidazole rings is 1. The van der Waals surface area contributed by atoms with E-state index in [0.717, 1.165) is 0 Å². The monoisotopic (exact) mass is 326 g/mol. The minimum atomic E-state index is -0.571. The van der Waals surface area contributed by atoms with Crippen LogP contribution in [0.1, 0.15) is 0 Å². The second kappa shape index (κ2) is 5.13. The molecule has 0 spiro atoms. The highest BCUT2D eigenvalue weighted by molar-refractivity contribution is 7.71. The second-order valence-corrected chi connectivity index (χ2v) is 5.16. The summed E-state index contributed by atoms with van der Waals surface area (Å²) in [6.07, 6.45) is 0. The predicted octanol–water partition coefficient (Wildman–Crippen LogP) is 4.63. The summed E-state index contributed by atoms with van der Waals surface area (Å²) < 4.78 is 34.4. The van der Waals surface area contributed by atoms with E-state index in [1.165, 1.54) is 42.0 Å². The van der Waals surface area contributed by atoms with Gasteiger partial charge in [-0.1, -0.05) is 11.6 Å². The number of methoxy groups -OCH3 is 1. The number of nitrogens with one attached hydrogen (secondary N) is 1. The third kappa shape index (κ3) is 2.30. The van der Waals surface area contributed by atoms with Gasteiger partial charge in [0.05, 0.1) is 28.9 Å². The molecule has 3 aromatic rings. The molecule has 0 unspecified atom stereocenters. The van der Waals surface area contributed by atoms with Gasteiger partial charge in [0, 0.05) is 12.1 Å². The van der Waals surface area contributed by atoms with E-state index in [9.17, 15) is 8.78 Å². The molecule has 1 heterocycles. The Balaban J connectivity index is 2.37. The van der Waals surface area contributed by atoms with Crippen molar-refractivity contribution in [2.24, 2.45) is 0 Å². The highest BCUT2D eigenvalue weighted by Crippen LogP contribution is 2.28. The molecular weight excluding hydrogens is 318 g/mol. The molecule has 3 rings (SSSR count). The van der Waals surface area contributed by atoms with Crippen molar-refractivity contribution < 1.29 is 13.5 Å². The van der Waals surface area contributed by atoms with Gasteiger partial charge in [0.15, 0.2) is 4.77 Å². The van der Waals surface area contributed by atoms with Crippen LogP contribution in [0.15, 0.2) is 30.3 Å². The fourth-order valence-electron chi connectivity index (χ4n) is 2.13. The van der Waals surface area contributed by atoms with E-state index >= 15 is 0 Å². The number of H-pyrrole nitrogens is 1. The molecule has 1 N–H and O–H groups in total. The predicted molar refractivity (Wildman–Crippen MR) is 79.9 cm³/mol. The van der Waals surface area contributed by atoms with Crippen LogP contribution in [0.5, 0.6) is 5.75 Å².